The molecule has 1 aromatic heterocycles. The molecule has 1 heterocycles. The van der Waals surface area contributed by atoms with Crippen molar-refractivity contribution in [2.45, 2.75) is 38.1 Å². The van der Waals surface area contributed by atoms with Crippen molar-refractivity contribution in [3.8, 4) is 0 Å². The first-order valence-corrected chi connectivity index (χ1v) is 10.7. The van der Waals surface area contributed by atoms with Crippen LogP contribution in [0.3, 0.4) is 0 Å². The summed E-state index contributed by atoms with van der Waals surface area (Å²) < 4.78 is 16.7. The molecule has 2 rings (SSSR count). The van der Waals surface area contributed by atoms with Crippen LogP contribution in [-0.2, 0) is 20.8 Å². The van der Waals surface area contributed by atoms with E-state index in [2.05, 4.69) is 27.5 Å². The molecule has 0 atom stereocenters. The van der Waals surface area contributed by atoms with Crippen molar-refractivity contribution in [3.63, 3.8) is 0 Å². The molecule has 0 spiro atoms. The van der Waals surface area contributed by atoms with Crippen LogP contribution in [0.2, 0.25) is 0 Å². The molecule has 0 bridgehead atoms. The van der Waals surface area contributed by atoms with Gasteiger partial charge in [0.1, 0.15) is 0 Å². The summed E-state index contributed by atoms with van der Waals surface area (Å²) in [6.07, 6.45) is 6.25. The van der Waals surface area contributed by atoms with Crippen molar-refractivity contribution >= 4 is 0 Å². The molecule has 3 N–H and O–H groups in total. The van der Waals surface area contributed by atoms with Crippen molar-refractivity contribution in [2.75, 3.05) is 73.9 Å². The standard InChI is InChI=1S/C21H40N4O4/c1-22-8-9-25(2)15-19-14-23-24-20(19)18-4-6-21(7-5-18,16-28-11-10-26)17-29-13-12-27-3/h14,18,22,26H,4-13,15-17H2,1-3H3,(H,23,24). The molecule has 1 aliphatic rings. The normalized spacial score (nSPS) is 22.4. The van der Waals surface area contributed by atoms with Crippen LogP contribution in [0.4, 0.5) is 0 Å². The van der Waals surface area contributed by atoms with Gasteiger partial charge in [-0.2, -0.15) is 5.10 Å². The molecule has 0 amide bonds. The number of nitrogens with zero attached hydrogens (tertiary/aromatic N) is 2. The average molecular weight is 413 g/mol. The molecule has 0 aliphatic heterocycles. The molecule has 8 nitrogen and oxygen atoms in total. The Morgan fingerprint density at radius 1 is 1.24 bits per heavy atom. The molecule has 0 unspecified atom stereocenters. The lowest BCUT2D eigenvalue weighted by atomic mass is 9.70. The second-order valence-electron chi connectivity index (χ2n) is 8.25. The SMILES string of the molecule is CNCCN(C)Cc1cn[nH]c1C1CCC(COCCO)(COCCOC)CC1. The van der Waals surface area contributed by atoms with Gasteiger partial charge in [0.25, 0.3) is 0 Å². The zero-order valence-corrected chi connectivity index (χ0v) is 18.4. The molecule has 0 aromatic carbocycles. The number of aliphatic hydroxyl groups excluding tert-OH is 1. The van der Waals surface area contributed by atoms with Gasteiger partial charge in [0, 0.05) is 49.3 Å². The Bertz CT molecular complexity index is 547. The minimum absolute atomic E-state index is 0.0170. The molecule has 1 aliphatic carbocycles. The van der Waals surface area contributed by atoms with E-state index >= 15 is 0 Å². The van der Waals surface area contributed by atoms with Crippen molar-refractivity contribution < 1.29 is 19.3 Å². The number of hydrogen-bond acceptors (Lipinski definition) is 7. The largest absolute Gasteiger partial charge is 0.394 e. The van der Waals surface area contributed by atoms with Crippen LogP contribution in [0.15, 0.2) is 6.20 Å². The summed E-state index contributed by atoms with van der Waals surface area (Å²) in [7, 11) is 5.82. The van der Waals surface area contributed by atoms with Gasteiger partial charge in [0.2, 0.25) is 0 Å². The third-order valence-electron chi connectivity index (χ3n) is 5.87. The first-order valence-electron chi connectivity index (χ1n) is 10.7. The number of likely N-dealkylation sites (N-methyl/N-ethyl adjacent to an activating group) is 2. The fourth-order valence-corrected chi connectivity index (χ4v) is 4.11. The number of H-pyrrole nitrogens is 1. The average Bonchev–Trinajstić information content (AvgIpc) is 3.18. The summed E-state index contributed by atoms with van der Waals surface area (Å²) in [5.74, 6) is 0.496. The third-order valence-corrected chi connectivity index (χ3v) is 5.87. The van der Waals surface area contributed by atoms with E-state index < -0.39 is 0 Å². The quantitative estimate of drug-likeness (QED) is 0.375. The third kappa shape index (κ3) is 7.96. The molecule has 29 heavy (non-hydrogen) atoms. The fraction of sp³-hybridized carbons (Fsp3) is 0.857. The van der Waals surface area contributed by atoms with E-state index in [-0.39, 0.29) is 12.0 Å². The van der Waals surface area contributed by atoms with E-state index in [1.54, 1.807) is 7.11 Å². The topological polar surface area (TPSA) is 91.9 Å². The number of aromatic nitrogens is 2. The Morgan fingerprint density at radius 2 is 1.97 bits per heavy atom. The summed E-state index contributed by atoms with van der Waals surface area (Å²) in [6.45, 7) is 5.86. The van der Waals surface area contributed by atoms with Gasteiger partial charge in [-0.25, -0.2) is 0 Å². The lowest BCUT2D eigenvalue weighted by Gasteiger charge is -2.40. The van der Waals surface area contributed by atoms with Crippen LogP contribution in [0.25, 0.3) is 0 Å². The highest BCUT2D eigenvalue weighted by Gasteiger charge is 2.37. The summed E-state index contributed by atoms with van der Waals surface area (Å²) in [5.41, 5.74) is 2.60. The van der Waals surface area contributed by atoms with E-state index in [4.69, 9.17) is 19.3 Å². The van der Waals surface area contributed by atoms with Gasteiger partial charge in [0.15, 0.2) is 0 Å². The number of nitrogens with one attached hydrogen (secondary N) is 2. The molecular formula is C21H40N4O4. The summed E-state index contributed by atoms with van der Waals surface area (Å²) in [6, 6.07) is 0. The maximum Gasteiger partial charge on any atom is 0.0700 e. The predicted octanol–water partition coefficient (Wildman–Crippen LogP) is 1.38. The Kier molecular flexibility index (Phi) is 11.1. The number of methoxy groups -OCH3 is 1. The van der Waals surface area contributed by atoms with Crippen LogP contribution in [0.5, 0.6) is 0 Å². The zero-order chi connectivity index (χ0) is 21.0. The summed E-state index contributed by atoms with van der Waals surface area (Å²) >= 11 is 0. The highest BCUT2D eigenvalue weighted by Crippen LogP contribution is 2.44. The Balaban J connectivity index is 1.92. The van der Waals surface area contributed by atoms with Gasteiger partial charge in [-0.3, -0.25) is 5.10 Å². The van der Waals surface area contributed by atoms with Crippen molar-refractivity contribution in [2.24, 2.45) is 5.41 Å². The highest BCUT2D eigenvalue weighted by atomic mass is 16.5. The molecule has 8 heteroatoms. The summed E-state index contributed by atoms with van der Waals surface area (Å²) in [5, 5.41) is 19.9. The number of hydrogen-bond donors (Lipinski definition) is 3. The van der Waals surface area contributed by atoms with E-state index in [1.807, 2.05) is 13.2 Å². The van der Waals surface area contributed by atoms with Gasteiger partial charge >= 0.3 is 0 Å². The molecular weight excluding hydrogens is 372 g/mol. The molecule has 0 saturated heterocycles. The lowest BCUT2D eigenvalue weighted by Crippen LogP contribution is -2.37. The molecule has 1 fully saturated rings. The van der Waals surface area contributed by atoms with Crippen LogP contribution in [-0.4, -0.2) is 94.1 Å². The number of aromatic amines is 1. The molecule has 1 aromatic rings. The van der Waals surface area contributed by atoms with Crippen molar-refractivity contribution in [1.82, 2.24) is 20.4 Å². The van der Waals surface area contributed by atoms with Gasteiger partial charge < -0.3 is 29.5 Å². The van der Waals surface area contributed by atoms with Crippen LogP contribution in [0.1, 0.15) is 42.9 Å². The van der Waals surface area contributed by atoms with Gasteiger partial charge in [-0.05, 0) is 39.8 Å². The second kappa shape index (κ2) is 13.3. The minimum atomic E-state index is 0.0170. The lowest BCUT2D eigenvalue weighted by molar-refractivity contribution is -0.0573. The molecule has 168 valence electrons. The van der Waals surface area contributed by atoms with Crippen LogP contribution < -0.4 is 5.32 Å². The van der Waals surface area contributed by atoms with Gasteiger partial charge in [-0.1, -0.05) is 0 Å². The smallest absolute Gasteiger partial charge is 0.0700 e. The number of rotatable bonds is 15. The predicted molar refractivity (Wildman–Crippen MR) is 113 cm³/mol. The monoisotopic (exact) mass is 412 g/mol. The van der Waals surface area contributed by atoms with Crippen LogP contribution >= 0.6 is 0 Å². The zero-order valence-electron chi connectivity index (χ0n) is 18.4. The van der Waals surface area contributed by atoms with E-state index in [0.717, 1.165) is 45.3 Å². The number of aliphatic hydroxyl groups is 1. The first kappa shape index (κ1) is 24.2. The van der Waals surface area contributed by atoms with Gasteiger partial charge in [-0.15, -0.1) is 0 Å². The summed E-state index contributed by atoms with van der Waals surface area (Å²) in [4.78, 5) is 2.32. The number of ether oxygens (including phenoxy) is 3. The fourth-order valence-electron chi connectivity index (χ4n) is 4.11. The van der Waals surface area contributed by atoms with Crippen molar-refractivity contribution in [1.29, 1.82) is 0 Å². The highest BCUT2D eigenvalue weighted by molar-refractivity contribution is 5.21. The van der Waals surface area contributed by atoms with Crippen LogP contribution in [0, 0.1) is 5.41 Å². The first-order chi connectivity index (χ1) is 14.1. The maximum absolute atomic E-state index is 9.06. The van der Waals surface area contributed by atoms with E-state index in [1.165, 1.54) is 11.3 Å². The molecule has 1 saturated carbocycles. The van der Waals surface area contributed by atoms with E-state index in [0.29, 0.717) is 39.0 Å². The Hall–Kier alpha value is -1.03. The Morgan fingerprint density at radius 3 is 2.62 bits per heavy atom. The minimum Gasteiger partial charge on any atom is -0.394 e. The van der Waals surface area contributed by atoms with E-state index in [9.17, 15) is 0 Å². The Labute approximate surface area is 175 Å². The second-order valence-corrected chi connectivity index (χ2v) is 8.25. The van der Waals surface area contributed by atoms with Crippen molar-refractivity contribution in [3.05, 3.63) is 17.5 Å². The van der Waals surface area contributed by atoms with Gasteiger partial charge in [0.05, 0.1) is 45.8 Å². The maximum atomic E-state index is 9.06. The molecule has 0 radical (unpaired) electrons.